The third-order valence-electron chi connectivity index (χ3n) is 9.56. The number of aromatic nitrogens is 2. The quantitative estimate of drug-likeness (QED) is 0.0974. The van der Waals surface area contributed by atoms with E-state index < -0.39 is 8.07 Å². The Kier molecular flexibility index (Phi) is 10.0. The number of nitrogens with zero attached hydrogens (tertiary/aromatic N) is 4. The molecule has 0 radical (unpaired) electrons. The van der Waals surface area contributed by atoms with E-state index in [0.29, 0.717) is 29.3 Å². The summed E-state index contributed by atoms with van der Waals surface area (Å²) < 4.78 is 14.3. The average Bonchev–Trinajstić information content (AvgIpc) is 3.43. The highest BCUT2D eigenvalue weighted by atomic mass is 35.5. The lowest BCUT2D eigenvalue weighted by Gasteiger charge is -2.39. The molecular formula is C38H50ClN5O2Si. The fourth-order valence-corrected chi connectivity index (χ4v) is 7.47. The van der Waals surface area contributed by atoms with Crippen LogP contribution in [0.15, 0.2) is 72.6 Å². The van der Waals surface area contributed by atoms with Crippen LogP contribution < -0.4 is 15.4 Å². The zero-order chi connectivity index (χ0) is 33.2. The van der Waals surface area contributed by atoms with Crippen molar-refractivity contribution >= 4 is 47.7 Å². The van der Waals surface area contributed by atoms with E-state index in [2.05, 4.69) is 73.6 Å². The lowest BCUT2D eigenvalue weighted by Crippen LogP contribution is -2.47. The molecule has 1 fully saturated rings. The maximum atomic E-state index is 6.39. The predicted molar refractivity (Wildman–Crippen MR) is 199 cm³/mol. The molecule has 2 aliphatic rings. The summed E-state index contributed by atoms with van der Waals surface area (Å²) in [6.07, 6.45) is 7.29. The van der Waals surface area contributed by atoms with Gasteiger partial charge in [0.05, 0.1) is 11.9 Å². The molecule has 0 unspecified atom stereocenters. The summed E-state index contributed by atoms with van der Waals surface area (Å²) >= 11 is 6.22. The molecule has 3 heterocycles. The monoisotopic (exact) mass is 671 g/mol. The summed E-state index contributed by atoms with van der Waals surface area (Å²) in [5, 5.41) is 1.80. The fraction of sp³-hybridized carbons (Fsp3) is 0.447. The highest BCUT2D eigenvalue weighted by molar-refractivity contribution is 6.76. The highest BCUT2D eigenvalue weighted by Crippen LogP contribution is 2.43. The molecule has 9 heteroatoms. The third kappa shape index (κ3) is 8.60. The second-order valence-corrected chi connectivity index (χ2v) is 21.3. The minimum atomic E-state index is -1.11. The summed E-state index contributed by atoms with van der Waals surface area (Å²) in [6.45, 7) is 18.1. The van der Waals surface area contributed by atoms with Crippen LogP contribution in [0.1, 0.15) is 38.7 Å². The number of anilines is 2. The van der Waals surface area contributed by atoms with Crippen LogP contribution in [-0.2, 0) is 11.5 Å². The molecule has 2 aromatic heterocycles. The van der Waals surface area contributed by atoms with E-state index in [-0.39, 0.29) is 0 Å². The standard InChI is InChI=1S/C38H50ClN5O2Si/c1-38(2)14-12-30(34(24-38)28-6-8-31(39)9-7-28)26-42-16-18-43(19-17-42)32-10-11-35(40)36(23-32)46-33-22-29-13-15-44(37(29)41-25-33)27-45-20-21-47(3,4)5/h6-11,13,15,22-23,25H,12,14,16-21,24,26-27,40H2,1-5H3. The number of pyridine rings is 1. The summed E-state index contributed by atoms with van der Waals surface area (Å²) in [7, 11) is -1.11. The van der Waals surface area contributed by atoms with Gasteiger partial charge in [0.1, 0.15) is 18.1 Å². The van der Waals surface area contributed by atoms with E-state index in [4.69, 9.17) is 31.8 Å². The Bertz CT molecular complexity index is 1720. The van der Waals surface area contributed by atoms with Crippen molar-refractivity contribution in [2.45, 2.75) is 65.5 Å². The van der Waals surface area contributed by atoms with Crippen molar-refractivity contribution < 1.29 is 9.47 Å². The van der Waals surface area contributed by atoms with Crippen molar-refractivity contribution in [2.24, 2.45) is 5.41 Å². The molecule has 2 aromatic carbocycles. The van der Waals surface area contributed by atoms with Crippen LogP contribution in [0.25, 0.3) is 16.6 Å². The van der Waals surface area contributed by atoms with Gasteiger partial charge < -0.3 is 24.7 Å². The molecule has 1 aliphatic heterocycles. The number of halogens is 1. The van der Waals surface area contributed by atoms with Gasteiger partial charge in [0.2, 0.25) is 0 Å². The fourth-order valence-electron chi connectivity index (χ4n) is 6.59. The number of nitrogens with two attached hydrogens (primary N) is 1. The molecule has 47 heavy (non-hydrogen) atoms. The minimum absolute atomic E-state index is 0.320. The van der Waals surface area contributed by atoms with Gasteiger partial charge in [-0.05, 0) is 78.3 Å². The second-order valence-electron chi connectivity index (χ2n) is 15.2. The SMILES string of the molecule is CC1(C)CCC(CN2CCN(c3ccc(N)c(Oc4cnc5c(ccn5COCC[Si](C)(C)C)c4)c3)CC2)=C(c2ccc(Cl)cc2)C1. The first-order valence-electron chi connectivity index (χ1n) is 17.0. The van der Waals surface area contributed by atoms with Crippen molar-refractivity contribution in [1.82, 2.24) is 14.5 Å². The summed E-state index contributed by atoms with van der Waals surface area (Å²) in [5.41, 5.74) is 13.8. The number of rotatable bonds is 11. The second kappa shape index (κ2) is 14.0. The topological polar surface area (TPSA) is 68.8 Å². The number of allylic oxidation sites excluding steroid dienone is 1. The number of ether oxygens (including phenoxy) is 2. The molecule has 1 aliphatic carbocycles. The summed E-state index contributed by atoms with van der Waals surface area (Å²) in [4.78, 5) is 9.75. The molecule has 250 valence electrons. The van der Waals surface area contributed by atoms with Gasteiger partial charge >= 0.3 is 0 Å². The van der Waals surface area contributed by atoms with Gasteiger partial charge in [0.25, 0.3) is 0 Å². The maximum absolute atomic E-state index is 6.39. The Morgan fingerprint density at radius 2 is 1.74 bits per heavy atom. The zero-order valence-corrected chi connectivity index (χ0v) is 30.4. The van der Waals surface area contributed by atoms with Crippen LogP contribution >= 0.6 is 11.6 Å². The molecule has 0 atom stereocenters. The summed E-state index contributed by atoms with van der Waals surface area (Å²) in [6, 6.07) is 19.8. The molecular weight excluding hydrogens is 622 g/mol. The molecule has 1 saturated heterocycles. The van der Waals surface area contributed by atoms with E-state index in [9.17, 15) is 0 Å². The van der Waals surface area contributed by atoms with Crippen molar-refractivity contribution in [3.8, 4) is 11.5 Å². The number of hydrogen-bond acceptors (Lipinski definition) is 6. The van der Waals surface area contributed by atoms with Crippen LogP contribution in [-0.4, -0.2) is 61.9 Å². The molecule has 0 amide bonds. The highest BCUT2D eigenvalue weighted by Gasteiger charge is 2.29. The number of hydrogen-bond donors (Lipinski definition) is 1. The Morgan fingerprint density at radius 1 is 0.979 bits per heavy atom. The lowest BCUT2D eigenvalue weighted by molar-refractivity contribution is 0.0899. The molecule has 0 spiro atoms. The van der Waals surface area contributed by atoms with Gasteiger partial charge in [0.15, 0.2) is 5.75 Å². The number of fused-ring (bicyclic) bond motifs is 1. The first-order valence-corrected chi connectivity index (χ1v) is 21.1. The Morgan fingerprint density at radius 3 is 2.49 bits per heavy atom. The van der Waals surface area contributed by atoms with Gasteiger partial charge in [-0.2, -0.15) is 0 Å². The van der Waals surface area contributed by atoms with Crippen molar-refractivity contribution in [2.75, 3.05) is 50.0 Å². The van der Waals surface area contributed by atoms with E-state index in [1.54, 1.807) is 11.8 Å². The smallest absolute Gasteiger partial charge is 0.152 e. The molecule has 0 saturated carbocycles. The van der Waals surface area contributed by atoms with Crippen molar-refractivity contribution in [1.29, 1.82) is 0 Å². The number of nitrogen functional groups attached to an aromatic ring is 1. The van der Waals surface area contributed by atoms with E-state index in [0.717, 1.165) is 80.0 Å². The number of piperazine rings is 1. The average molecular weight is 672 g/mol. The van der Waals surface area contributed by atoms with E-state index >= 15 is 0 Å². The van der Waals surface area contributed by atoms with Crippen LogP contribution in [0.4, 0.5) is 11.4 Å². The van der Waals surface area contributed by atoms with Gasteiger partial charge in [0, 0.05) is 75.8 Å². The molecule has 6 rings (SSSR count). The number of benzene rings is 2. The predicted octanol–water partition coefficient (Wildman–Crippen LogP) is 9.16. The van der Waals surface area contributed by atoms with Gasteiger partial charge in [-0.3, -0.25) is 4.90 Å². The Hall–Kier alpha value is -3.30. The van der Waals surface area contributed by atoms with E-state index in [1.165, 1.54) is 17.6 Å². The van der Waals surface area contributed by atoms with Crippen LogP contribution in [0.2, 0.25) is 30.7 Å². The first-order chi connectivity index (χ1) is 22.4. The molecule has 2 N–H and O–H groups in total. The van der Waals surface area contributed by atoms with Crippen molar-refractivity contribution in [3.63, 3.8) is 0 Å². The Labute approximate surface area is 286 Å². The van der Waals surface area contributed by atoms with Gasteiger partial charge in [-0.15, -0.1) is 0 Å². The molecule has 7 nitrogen and oxygen atoms in total. The summed E-state index contributed by atoms with van der Waals surface area (Å²) in [5.74, 6) is 1.33. The lowest BCUT2D eigenvalue weighted by atomic mass is 9.72. The zero-order valence-electron chi connectivity index (χ0n) is 28.7. The molecule has 4 aromatic rings. The molecule has 0 bridgehead atoms. The van der Waals surface area contributed by atoms with Crippen LogP contribution in [0, 0.1) is 5.41 Å². The van der Waals surface area contributed by atoms with Crippen molar-refractivity contribution in [3.05, 3.63) is 83.2 Å². The third-order valence-corrected chi connectivity index (χ3v) is 11.5. The maximum Gasteiger partial charge on any atom is 0.152 e. The largest absolute Gasteiger partial charge is 0.453 e. The van der Waals surface area contributed by atoms with Gasteiger partial charge in [-0.1, -0.05) is 62.8 Å². The normalized spacial score (nSPS) is 17.4. The van der Waals surface area contributed by atoms with Gasteiger partial charge in [-0.25, -0.2) is 4.98 Å². The minimum Gasteiger partial charge on any atom is -0.453 e. The first kappa shape index (κ1) is 33.6. The van der Waals surface area contributed by atoms with E-state index in [1.807, 2.05) is 35.0 Å². The van der Waals surface area contributed by atoms with Crippen LogP contribution in [0.5, 0.6) is 11.5 Å². The van der Waals surface area contributed by atoms with Crippen LogP contribution in [0.3, 0.4) is 0 Å². The Balaban J connectivity index is 1.08.